The van der Waals surface area contributed by atoms with Crippen LogP contribution >= 0.6 is 22.9 Å². The van der Waals surface area contributed by atoms with Crippen LogP contribution < -0.4 is 10.6 Å². The highest BCUT2D eigenvalue weighted by molar-refractivity contribution is 7.09. The molecule has 2 rings (SSSR count). The van der Waals surface area contributed by atoms with Gasteiger partial charge in [0.2, 0.25) is 0 Å². The van der Waals surface area contributed by atoms with E-state index in [-0.39, 0.29) is 12.1 Å². The zero-order valence-electron chi connectivity index (χ0n) is 10.4. The molecule has 0 aliphatic rings. The van der Waals surface area contributed by atoms with Gasteiger partial charge in [0.1, 0.15) is 5.01 Å². The van der Waals surface area contributed by atoms with E-state index in [0.29, 0.717) is 11.6 Å². The molecule has 1 atom stereocenters. The topological polar surface area (TPSA) is 54.0 Å². The highest BCUT2D eigenvalue weighted by atomic mass is 35.5. The molecule has 4 nitrogen and oxygen atoms in total. The Morgan fingerprint density at radius 2 is 2.16 bits per heavy atom. The van der Waals surface area contributed by atoms with E-state index in [1.54, 1.807) is 18.3 Å². The third-order valence-corrected chi connectivity index (χ3v) is 3.75. The number of halogens is 1. The summed E-state index contributed by atoms with van der Waals surface area (Å²) < 4.78 is 0. The van der Waals surface area contributed by atoms with Crippen LogP contribution in [0.3, 0.4) is 0 Å². The van der Waals surface area contributed by atoms with Gasteiger partial charge in [0.25, 0.3) is 0 Å². The maximum atomic E-state index is 11.7. The lowest BCUT2D eigenvalue weighted by molar-refractivity contribution is 0.237. The third kappa shape index (κ3) is 4.22. The number of rotatable bonds is 4. The Balaban J connectivity index is 1.80. The highest BCUT2D eigenvalue weighted by Gasteiger charge is 2.10. The first-order valence-electron chi connectivity index (χ1n) is 5.83. The molecule has 1 heterocycles. The van der Waals surface area contributed by atoms with Crippen molar-refractivity contribution in [3.63, 3.8) is 0 Å². The zero-order chi connectivity index (χ0) is 13.7. The fourth-order valence-electron chi connectivity index (χ4n) is 1.54. The zero-order valence-corrected chi connectivity index (χ0v) is 12.0. The van der Waals surface area contributed by atoms with Gasteiger partial charge in [-0.1, -0.05) is 23.7 Å². The van der Waals surface area contributed by atoms with Gasteiger partial charge in [-0.05, 0) is 24.6 Å². The van der Waals surface area contributed by atoms with Crippen LogP contribution in [0.1, 0.15) is 23.5 Å². The van der Waals surface area contributed by atoms with E-state index < -0.39 is 0 Å². The maximum Gasteiger partial charge on any atom is 0.315 e. The summed E-state index contributed by atoms with van der Waals surface area (Å²) in [5.74, 6) is 0. The van der Waals surface area contributed by atoms with E-state index >= 15 is 0 Å². The molecule has 0 spiro atoms. The van der Waals surface area contributed by atoms with Crippen LogP contribution in [0.15, 0.2) is 35.8 Å². The second-order valence-corrected chi connectivity index (χ2v) is 5.41. The normalized spacial score (nSPS) is 11.9. The molecule has 0 saturated carbocycles. The smallest absolute Gasteiger partial charge is 0.315 e. The fourth-order valence-corrected chi connectivity index (χ4v) is 2.31. The minimum Gasteiger partial charge on any atom is -0.334 e. The summed E-state index contributed by atoms with van der Waals surface area (Å²) in [6.45, 7) is 2.37. The van der Waals surface area contributed by atoms with Crippen LogP contribution in [0.2, 0.25) is 5.02 Å². The average Bonchev–Trinajstić information content (AvgIpc) is 2.92. The van der Waals surface area contributed by atoms with E-state index in [4.69, 9.17) is 11.6 Å². The van der Waals surface area contributed by atoms with Crippen LogP contribution in [0, 0.1) is 0 Å². The number of amides is 2. The molecule has 19 heavy (non-hydrogen) atoms. The summed E-state index contributed by atoms with van der Waals surface area (Å²) in [5, 5.41) is 9.09. The lowest BCUT2D eigenvalue weighted by atomic mass is 10.2. The number of urea groups is 1. The SMILES string of the molecule is CC(NC(=O)NCc1ccc(Cl)cc1)c1nccs1. The molecule has 1 aromatic carbocycles. The summed E-state index contributed by atoms with van der Waals surface area (Å²) in [6, 6.07) is 7.06. The van der Waals surface area contributed by atoms with E-state index in [1.165, 1.54) is 11.3 Å². The largest absolute Gasteiger partial charge is 0.334 e. The molecule has 100 valence electrons. The van der Waals surface area contributed by atoms with Crippen LogP contribution in [0.25, 0.3) is 0 Å². The molecule has 1 aromatic heterocycles. The van der Waals surface area contributed by atoms with Crippen molar-refractivity contribution in [2.45, 2.75) is 19.5 Å². The minimum absolute atomic E-state index is 0.0924. The first kappa shape index (κ1) is 13.8. The number of hydrogen-bond acceptors (Lipinski definition) is 3. The van der Waals surface area contributed by atoms with Gasteiger partial charge < -0.3 is 10.6 Å². The Morgan fingerprint density at radius 3 is 2.79 bits per heavy atom. The number of benzene rings is 1. The van der Waals surface area contributed by atoms with Crippen molar-refractivity contribution in [2.24, 2.45) is 0 Å². The van der Waals surface area contributed by atoms with Crippen molar-refractivity contribution < 1.29 is 4.79 Å². The summed E-state index contributed by atoms with van der Waals surface area (Å²) >= 11 is 7.32. The Kier molecular flexibility index (Phi) is 4.76. The molecular formula is C13H14ClN3OS. The van der Waals surface area contributed by atoms with Crippen LogP contribution in [0.4, 0.5) is 4.79 Å². The predicted molar refractivity (Wildman–Crippen MR) is 77.4 cm³/mol. The summed E-state index contributed by atoms with van der Waals surface area (Å²) in [4.78, 5) is 15.9. The van der Waals surface area contributed by atoms with E-state index in [2.05, 4.69) is 15.6 Å². The fraction of sp³-hybridized carbons (Fsp3) is 0.231. The second-order valence-electron chi connectivity index (χ2n) is 4.05. The van der Waals surface area contributed by atoms with E-state index in [9.17, 15) is 4.79 Å². The summed E-state index contributed by atoms with van der Waals surface area (Å²) in [6.07, 6.45) is 1.73. The Hall–Kier alpha value is -1.59. The molecule has 6 heteroatoms. The number of hydrogen-bond donors (Lipinski definition) is 2. The molecule has 2 amide bonds. The first-order valence-corrected chi connectivity index (χ1v) is 7.09. The number of carbonyl (C=O) groups excluding carboxylic acids is 1. The van der Waals surface area contributed by atoms with Crippen LogP contribution in [-0.2, 0) is 6.54 Å². The van der Waals surface area contributed by atoms with E-state index in [1.807, 2.05) is 24.4 Å². The molecule has 0 saturated heterocycles. The van der Waals surface area contributed by atoms with Gasteiger partial charge in [-0.3, -0.25) is 0 Å². The molecule has 0 bridgehead atoms. The average molecular weight is 296 g/mol. The van der Waals surface area contributed by atoms with E-state index in [0.717, 1.165) is 10.6 Å². The Labute approximate surface area is 120 Å². The quantitative estimate of drug-likeness (QED) is 0.909. The lowest BCUT2D eigenvalue weighted by Gasteiger charge is -2.12. The predicted octanol–water partition coefficient (Wildman–Crippen LogP) is 3.36. The number of nitrogens with zero attached hydrogens (tertiary/aromatic N) is 1. The maximum absolute atomic E-state index is 11.7. The van der Waals surface area contributed by atoms with Gasteiger partial charge in [-0.15, -0.1) is 11.3 Å². The summed E-state index contributed by atoms with van der Waals surface area (Å²) in [5.41, 5.74) is 1.00. The minimum atomic E-state index is -0.211. The van der Waals surface area contributed by atoms with Crippen molar-refractivity contribution in [2.75, 3.05) is 0 Å². The van der Waals surface area contributed by atoms with Gasteiger partial charge >= 0.3 is 6.03 Å². The highest BCUT2D eigenvalue weighted by Crippen LogP contribution is 2.14. The van der Waals surface area contributed by atoms with Crippen molar-refractivity contribution in [3.8, 4) is 0 Å². The van der Waals surface area contributed by atoms with Crippen molar-refractivity contribution in [1.29, 1.82) is 0 Å². The van der Waals surface area contributed by atoms with Gasteiger partial charge in [-0.2, -0.15) is 0 Å². The van der Waals surface area contributed by atoms with Gasteiger partial charge in [0.05, 0.1) is 6.04 Å². The van der Waals surface area contributed by atoms with Gasteiger partial charge in [-0.25, -0.2) is 9.78 Å². The van der Waals surface area contributed by atoms with Crippen molar-refractivity contribution in [1.82, 2.24) is 15.6 Å². The van der Waals surface area contributed by atoms with Crippen LogP contribution in [-0.4, -0.2) is 11.0 Å². The molecule has 0 aliphatic carbocycles. The Morgan fingerprint density at radius 1 is 1.42 bits per heavy atom. The lowest BCUT2D eigenvalue weighted by Crippen LogP contribution is -2.36. The molecule has 2 aromatic rings. The molecule has 0 fully saturated rings. The van der Waals surface area contributed by atoms with Crippen molar-refractivity contribution >= 4 is 29.0 Å². The second kappa shape index (κ2) is 6.54. The number of thiazole rings is 1. The standard InChI is InChI=1S/C13H14ClN3OS/c1-9(12-15-6-7-19-12)17-13(18)16-8-10-2-4-11(14)5-3-10/h2-7,9H,8H2,1H3,(H2,16,17,18). The number of carbonyl (C=O) groups is 1. The third-order valence-electron chi connectivity index (χ3n) is 2.54. The monoisotopic (exact) mass is 295 g/mol. The molecule has 0 aliphatic heterocycles. The van der Waals surface area contributed by atoms with Gasteiger partial charge in [0, 0.05) is 23.1 Å². The molecular weight excluding hydrogens is 282 g/mol. The van der Waals surface area contributed by atoms with Gasteiger partial charge in [0.15, 0.2) is 0 Å². The van der Waals surface area contributed by atoms with Crippen molar-refractivity contribution in [3.05, 3.63) is 51.4 Å². The molecule has 2 N–H and O–H groups in total. The number of aromatic nitrogens is 1. The molecule has 1 unspecified atom stereocenters. The summed E-state index contributed by atoms with van der Waals surface area (Å²) in [7, 11) is 0. The first-order chi connectivity index (χ1) is 9.15. The molecule has 0 radical (unpaired) electrons. The number of nitrogens with one attached hydrogen (secondary N) is 2. The Bertz CT molecular complexity index is 527. The van der Waals surface area contributed by atoms with Crippen LogP contribution in [0.5, 0.6) is 0 Å².